The number of rotatable bonds is 5. The molecule has 0 aliphatic heterocycles. The third kappa shape index (κ3) is 4.63. The van der Waals surface area contributed by atoms with Gasteiger partial charge >= 0.3 is 0 Å². The van der Waals surface area contributed by atoms with Gasteiger partial charge in [-0.05, 0) is 40.3 Å². The van der Waals surface area contributed by atoms with Crippen LogP contribution in [0.25, 0.3) is 22.4 Å². The van der Waals surface area contributed by atoms with E-state index in [2.05, 4.69) is 43.0 Å². The van der Waals surface area contributed by atoms with Crippen molar-refractivity contribution in [3.8, 4) is 17.1 Å². The van der Waals surface area contributed by atoms with Crippen LogP contribution in [0.1, 0.15) is 37.5 Å². The molecule has 0 atom stereocenters. The second kappa shape index (κ2) is 8.88. The van der Waals surface area contributed by atoms with Gasteiger partial charge in [-0.25, -0.2) is 0 Å². The number of fused-ring (bicyclic) bond motifs is 1. The molecule has 0 fully saturated rings. The number of hydrogen-bond acceptors (Lipinski definition) is 5. The lowest BCUT2D eigenvalue weighted by Crippen LogP contribution is -2.23. The van der Waals surface area contributed by atoms with Gasteiger partial charge in [0.15, 0.2) is 5.82 Å². The highest BCUT2D eigenvalue weighted by Crippen LogP contribution is 2.25. The Morgan fingerprint density at radius 1 is 0.941 bits per heavy atom. The number of ether oxygens (including phenoxy) is 1. The van der Waals surface area contributed by atoms with E-state index in [1.807, 2.05) is 72.8 Å². The van der Waals surface area contributed by atoms with Gasteiger partial charge in [-0.15, -0.1) is 5.10 Å². The Morgan fingerprint density at radius 3 is 2.29 bits per heavy atom. The van der Waals surface area contributed by atoms with E-state index in [-0.39, 0.29) is 11.0 Å². The first-order valence-corrected chi connectivity index (χ1v) is 12.0. The fraction of sp³-hybridized carbons (Fsp3) is 0.179. The van der Waals surface area contributed by atoms with E-state index in [1.54, 1.807) is 0 Å². The zero-order valence-corrected chi connectivity index (χ0v) is 20.2. The van der Waals surface area contributed by atoms with Crippen LogP contribution in [0.2, 0.25) is 0 Å². The summed E-state index contributed by atoms with van der Waals surface area (Å²) in [5.41, 5.74) is 4.11. The van der Waals surface area contributed by atoms with Crippen molar-refractivity contribution in [2.75, 3.05) is 0 Å². The Balaban J connectivity index is 1.35. The van der Waals surface area contributed by atoms with Gasteiger partial charge in [0.25, 0.3) is 5.56 Å². The smallest absolute Gasteiger partial charge is 0.291 e. The lowest BCUT2D eigenvalue weighted by Gasteiger charge is -2.18. The van der Waals surface area contributed by atoms with Gasteiger partial charge in [0, 0.05) is 5.56 Å². The molecule has 5 aromatic rings. The topological polar surface area (TPSA) is 56.5 Å². The van der Waals surface area contributed by atoms with Gasteiger partial charge in [-0.2, -0.15) is 9.50 Å². The molecule has 0 bridgehead atoms. The Morgan fingerprint density at radius 2 is 1.65 bits per heavy atom. The van der Waals surface area contributed by atoms with Gasteiger partial charge in [-0.1, -0.05) is 98.8 Å². The van der Waals surface area contributed by atoms with Crippen LogP contribution in [-0.4, -0.2) is 14.6 Å². The van der Waals surface area contributed by atoms with E-state index in [0.29, 0.717) is 21.9 Å². The zero-order chi connectivity index (χ0) is 23.7. The lowest BCUT2D eigenvalue weighted by atomic mass is 9.87. The SMILES string of the molecule is CC(C)(C)c1ccc(-c2nc3sc(=Cc4ccc(OCc5ccccc5)cc4)c(=O)n3n2)cc1. The molecule has 0 radical (unpaired) electrons. The van der Waals surface area contributed by atoms with Gasteiger partial charge in [0.05, 0.1) is 4.53 Å². The molecule has 0 aliphatic rings. The fourth-order valence-corrected chi connectivity index (χ4v) is 4.54. The molecule has 0 unspecified atom stereocenters. The maximum Gasteiger partial charge on any atom is 0.291 e. The van der Waals surface area contributed by atoms with E-state index in [1.165, 1.54) is 21.4 Å². The summed E-state index contributed by atoms with van der Waals surface area (Å²) in [5.74, 6) is 1.35. The summed E-state index contributed by atoms with van der Waals surface area (Å²) < 4.78 is 7.83. The van der Waals surface area contributed by atoms with Gasteiger partial charge in [0.1, 0.15) is 12.4 Å². The van der Waals surface area contributed by atoms with Crippen molar-refractivity contribution in [1.82, 2.24) is 14.6 Å². The van der Waals surface area contributed by atoms with Crippen LogP contribution in [0.5, 0.6) is 5.75 Å². The van der Waals surface area contributed by atoms with Crippen molar-refractivity contribution in [2.45, 2.75) is 32.8 Å². The predicted octanol–water partition coefficient (Wildman–Crippen LogP) is 5.24. The normalized spacial score (nSPS) is 12.4. The highest BCUT2D eigenvalue weighted by molar-refractivity contribution is 7.15. The third-order valence-electron chi connectivity index (χ3n) is 5.62. The molecule has 0 saturated carbocycles. The average Bonchev–Trinajstić information content (AvgIpc) is 3.38. The summed E-state index contributed by atoms with van der Waals surface area (Å²) in [7, 11) is 0. The molecule has 5 rings (SSSR count). The van der Waals surface area contributed by atoms with Crippen molar-refractivity contribution in [1.29, 1.82) is 0 Å². The van der Waals surface area contributed by atoms with Crippen LogP contribution in [0.4, 0.5) is 0 Å². The molecular weight excluding hydrogens is 442 g/mol. The van der Waals surface area contributed by atoms with E-state index < -0.39 is 0 Å². The van der Waals surface area contributed by atoms with Crippen molar-refractivity contribution >= 4 is 22.4 Å². The molecule has 34 heavy (non-hydrogen) atoms. The van der Waals surface area contributed by atoms with Gasteiger partial charge < -0.3 is 4.74 Å². The average molecular weight is 468 g/mol. The maximum atomic E-state index is 12.9. The van der Waals surface area contributed by atoms with Crippen LogP contribution < -0.4 is 14.8 Å². The Kier molecular flexibility index (Phi) is 5.75. The molecule has 170 valence electrons. The summed E-state index contributed by atoms with van der Waals surface area (Å²) in [6, 6.07) is 26.0. The monoisotopic (exact) mass is 467 g/mol. The summed E-state index contributed by atoms with van der Waals surface area (Å²) in [6.07, 6.45) is 1.86. The highest BCUT2D eigenvalue weighted by atomic mass is 32.1. The molecule has 5 nitrogen and oxygen atoms in total. The van der Waals surface area contributed by atoms with E-state index >= 15 is 0 Å². The summed E-state index contributed by atoms with van der Waals surface area (Å²) >= 11 is 1.34. The fourth-order valence-electron chi connectivity index (χ4n) is 3.63. The highest BCUT2D eigenvalue weighted by Gasteiger charge is 2.15. The van der Waals surface area contributed by atoms with Gasteiger partial charge in [-0.3, -0.25) is 4.79 Å². The first-order chi connectivity index (χ1) is 16.4. The first kappa shape index (κ1) is 22.0. The molecular formula is C28H25N3O2S. The number of benzene rings is 3. The Labute approximate surface area is 202 Å². The first-order valence-electron chi connectivity index (χ1n) is 11.2. The Hall–Kier alpha value is -3.77. The lowest BCUT2D eigenvalue weighted by molar-refractivity contribution is 0.306. The van der Waals surface area contributed by atoms with E-state index in [4.69, 9.17) is 4.74 Å². The Bertz CT molecular complexity index is 1530. The van der Waals surface area contributed by atoms with Crippen molar-refractivity contribution in [3.05, 3.63) is 110 Å². The summed E-state index contributed by atoms with van der Waals surface area (Å²) in [6.45, 7) is 7.06. The molecule has 2 heterocycles. The number of thiazole rings is 1. The van der Waals surface area contributed by atoms with Crippen molar-refractivity contribution in [3.63, 3.8) is 0 Å². The molecule has 3 aromatic carbocycles. The van der Waals surface area contributed by atoms with Crippen LogP contribution in [-0.2, 0) is 12.0 Å². The van der Waals surface area contributed by atoms with Crippen molar-refractivity contribution < 1.29 is 4.74 Å². The number of aromatic nitrogens is 3. The molecule has 0 aliphatic carbocycles. The van der Waals surface area contributed by atoms with Gasteiger partial charge in [0.2, 0.25) is 4.96 Å². The molecule has 6 heteroatoms. The van der Waals surface area contributed by atoms with Crippen molar-refractivity contribution in [2.24, 2.45) is 0 Å². The molecule has 0 spiro atoms. The number of hydrogen-bond donors (Lipinski definition) is 0. The largest absolute Gasteiger partial charge is 0.489 e. The predicted molar refractivity (Wildman–Crippen MR) is 137 cm³/mol. The van der Waals surface area contributed by atoms with E-state index in [9.17, 15) is 4.79 Å². The minimum absolute atomic E-state index is 0.0830. The minimum atomic E-state index is -0.158. The standard InChI is InChI=1S/C28H25N3O2S/c1-28(2,3)22-13-11-21(12-14-22)25-29-27-31(30-25)26(32)24(34-27)17-19-9-15-23(16-10-19)33-18-20-7-5-4-6-8-20/h4-17H,18H2,1-3H3. The van der Waals surface area contributed by atoms with Crippen LogP contribution in [0.3, 0.4) is 0 Å². The third-order valence-corrected chi connectivity index (χ3v) is 6.58. The molecule has 0 saturated heterocycles. The summed E-state index contributed by atoms with van der Waals surface area (Å²) in [4.78, 5) is 18.1. The van der Waals surface area contributed by atoms with Crippen LogP contribution in [0.15, 0.2) is 83.7 Å². The number of nitrogens with zero attached hydrogens (tertiary/aromatic N) is 3. The zero-order valence-electron chi connectivity index (χ0n) is 19.4. The second-order valence-corrected chi connectivity index (χ2v) is 10.2. The summed E-state index contributed by atoms with van der Waals surface area (Å²) in [5, 5.41) is 4.47. The maximum absolute atomic E-state index is 12.9. The minimum Gasteiger partial charge on any atom is -0.489 e. The van der Waals surface area contributed by atoms with Crippen LogP contribution in [0, 0.1) is 0 Å². The molecule has 2 aromatic heterocycles. The second-order valence-electron chi connectivity index (χ2n) is 9.22. The molecule has 0 N–H and O–H groups in total. The van der Waals surface area contributed by atoms with E-state index in [0.717, 1.165) is 22.4 Å². The quantitative estimate of drug-likeness (QED) is 0.355. The molecule has 0 amide bonds. The van der Waals surface area contributed by atoms with Crippen LogP contribution >= 0.6 is 11.3 Å².